The Morgan fingerprint density at radius 3 is 2.58 bits per heavy atom. The van der Waals surface area contributed by atoms with Gasteiger partial charge in [-0.25, -0.2) is 8.78 Å². The molecule has 26 heavy (non-hydrogen) atoms. The number of hydrogen-bond acceptors (Lipinski definition) is 2. The van der Waals surface area contributed by atoms with E-state index in [2.05, 4.69) is 15.6 Å². The van der Waals surface area contributed by atoms with E-state index in [1.165, 1.54) is 31.9 Å². The van der Waals surface area contributed by atoms with Crippen molar-refractivity contribution in [3.8, 4) is 0 Å². The molecule has 2 aliphatic carbocycles. The fraction of sp³-hybridized carbons (Fsp3) is 0.474. The van der Waals surface area contributed by atoms with Crippen LogP contribution in [0.25, 0.3) is 10.9 Å². The number of fused-ring (bicyclic) bond motifs is 1. The Morgan fingerprint density at radius 2 is 1.81 bits per heavy atom. The number of anilines is 1. The standard InChI is InChI=1S/C19H21F2N3O2/c20-13-7-12-15(8-14(13)21)22-10-16(12)24-18(26)17(25)23-11-3-6-19(9-11)4-1-2-5-19/h7-8,10-11,22H,1-6,9H2,(H,23,25)(H,24,26). The Labute approximate surface area is 149 Å². The van der Waals surface area contributed by atoms with E-state index in [1.54, 1.807) is 0 Å². The fourth-order valence-electron chi connectivity index (χ4n) is 4.56. The van der Waals surface area contributed by atoms with Gasteiger partial charge in [-0.3, -0.25) is 9.59 Å². The second kappa shape index (κ2) is 6.37. The maximum absolute atomic E-state index is 13.4. The van der Waals surface area contributed by atoms with Gasteiger partial charge in [0.05, 0.1) is 11.2 Å². The molecule has 7 heteroatoms. The molecule has 1 atom stereocenters. The van der Waals surface area contributed by atoms with E-state index in [4.69, 9.17) is 0 Å². The lowest BCUT2D eigenvalue weighted by Crippen LogP contribution is -2.41. The number of aromatic amines is 1. The second-order valence-electron chi connectivity index (χ2n) is 7.59. The Morgan fingerprint density at radius 1 is 1.08 bits per heavy atom. The van der Waals surface area contributed by atoms with Crippen LogP contribution in [-0.4, -0.2) is 22.8 Å². The van der Waals surface area contributed by atoms with Gasteiger partial charge in [-0.05, 0) is 43.6 Å². The smallest absolute Gasteiger partial charge is 0.313 e. The highest BCUT2D eigenvalue weighted by molar-refractivity contribution is 6.40. The number of hydrogen-bond donors (Lipinski definition) is 3. The van der Waals surface area contributed by atoms with E-state index in [1.807, 2.05) is 0 Å². The largest absolute Gasteiger partial charge is 0.359 e. The van der Waals surface area contributed by atoms with E-state index in [0.29, 0.717) is 16.3 Å². The van der Waals surface area contributed by atoms with Gasteiger partial charge in [0.1, 0.15) is 0 Å². The Bertz CT molecular complexity index is 871. The predicted octanol–water partition coefficient (Wildman–Crippen LogP) is 3.61. The van der Waals surface area contributed by atoms with E-state index < -0.39 is 23.4 Å². The zero-order valence-electron chi connectivity index (χ0n) is 14.3. The van der Waals surface area contributed by atoms with E-state index in [9.17, 15) is 18.4 Å². The van der Waals surface area contributed by atoms with Crippen molar-refractivity contribution >= 4 is 28.4 Å². The van der Waals surface area contributed by atoms with Crippen LogP contribution < -0.4 is 10.6 Å². The van der Waals surface area contributed by atoms with Crippen molar-refractivity contribution in [3.05, 3.63) is 30.0 Å². The van der Waals surface area contributed by atoms with Gasteiger partial charge >= 0.3 is 11.8 Å². The number of aromatic nitrogens is 1. The first-order valence-corrected chi connectivity index (χ1v) is 9.04. The van der Waals surface area contributed by atoms with Crippen LogP contribution in [0.3, 0.4) is 0 Å². The highest BCUT2D eigenvalue weighted by Gasteiger charge is 2.41. The van der Waals surface area contributed by atoms with Crippen LogP contribution in [0.5, 0.6) is 0 Å². The highest BCUT2D eigenvalue weighted by Crippen LogP contribution is 2.50. The molecule has 4 rings (SSSR count). The zero-order chi connectivity index (χ0) is 18.3. The molecule has 138 valence electrons. The third-order valence-electron chi connectivity index (χ3n) is 5.88. The van der Waals surface area contributed by atoms with E-state index >= 15 is 0 Å². The molecule has 1 spiro atoms. The first kappa shape index (κ1) is 17.0. The number of rotatable bonds is 2. The quantitative estimate of drug-likeness (QED) is 0.715. The average Bonchev–Trinajstić information content (AvgIpc) is 3.32. The summed E-state index contributed by atoms with van der Waals surface area (Å²) in [6.07, 6.45) is 9.27. The van der Waals surface area contributed by atoms with Crippen molar-refractivity contribution in [3.63, 3.8) is 0 Å². The molecule has 3 N–H and O–H groups in total. The van der Waals surface area contributed by atoms with Crippen LogP contribution in [0.1, 0.15) is 44.9 Å². The summed E-state index contributed by atoms with van der Waals surface area (Å²) in [6.45, 7) is 0. The summed E-state index contributed by atoms with van der Waals surface area (Å²) in [5, 5.41) is 5.61. The maximum atomic E-state index is 13.4. The summed E-state index contributed by atoms with van der Waals surface area (Å²) in [7, 11) is 0. The lowest BCUT2D eigenvalue weighted by Gasteiger charge is -2.22. The normalized spacial score (nSPS) is 21.4. The molecule has 1 heterocycles. The number of carbonyl (C=O) groups is 2. The molecule has 0 aliphatic heterocycles. The fourth-order valence-corrected chi connectivity index (χ4v) is 4.56. The third-order valence-corrected chi connectivity index (χ3v) is 5.88. The molecular weight excluding hydrogens is 340 g/mol. The van der Waals surface area contributed by atoms with Gasteiger partial charge in [0.25, 0.3) is 0 Å². The number of H-pyrrole nitrogens is 1. The number of carbonyl (C=O) groups excluding carboxylic acids is 2. The number of nitrogens with one attached hydrogen (secondary N) is 3. The summed E-state index contributed by atoms with van der Waals surface area (Å²) in [4.78, 5) is 27.2. The summed E-state index contributed by atoms with van der Waals surface area (Å²) >= 11 is 0. The maximum Gasteiger partial charge on any atom is 0.313 e. The van der Waals surface area contributed by atoms with Gasteiger partial charge in [0.2, 0.25) is 0 Å². The lowest BCUT2D eigenvalue weighted by atomic mass is 9.84. The van der Waals surface area contributed by atoms with Crippen molar-refractivity contribution in [1.82, 2.24) is 10.3 Å². The monoisotopic (exact) mass is 361 g/mol. The van der Waals surface area contributed by atoms with Crippen molar-refractivity contribution in [2.24, 2.45) is 5.41 Å². The molecule has 2 aliphatic rings. The summed E-state index contributed by atoms with van der Waals surface area (Å²) in [5.41, 5.74) is 0.948. The molecule has 1 aromatic heterocycles. The van der Waals surface area contributed by atoms with Crippen LogP contribution in [-0.2, 0) is 9.59 Å². The molecule has 2 aromatic rings. The summed E-state index contributed by atoms with van der Waals surface area (Å²) < 4.78 is 26.7. The number of halogens is 2. The number of amides is 2. The van der Waals surface area contributed by atoms with Crippen LogP contribution in [0.15, 0.2) is 18.3 Å². The van der Waals surface area contributed by atoms with Crippen LogP contribution in [0, 0.1) is 17.0 Å². The zero-order valence-corrected chi connectivity index (χ0v) is 14.3. The molecular formula is C19H21F2N3O2. The van der Waals surface area contributed by atoms with Gasteiger partial charge < -0.3 is 15.6 Å². The van der Waals surface area contributed by atoms with Crippen molar-refractivity contribution in [2.45, 2.75) is 51.0 Å². The van der Waals surface area contributed by atoms with Gasteiger partial charge in [-0.2, -0.15) is 0 Å². The van der Waals surface area contributed by atoms with Crippen molar-refractivity contribution in [1.29, 1.82) is 0 Å². The Balaban J connectivity index is 1.40. The molecule has 0 bridgehead atoms. The molecule has 2 fully saturated rings. The first-order chi connectivity index (χ1) is 12.5. The van der Waals surface area contributed by atoms with Gasteiger partial charge in [0, 0.05) is 23.7 Å². The summed E-state index contributed by atoms with van der Waals surface area (Å²) in [6, 6.07) is 2.04. The van der Waals surface area contributed by atoms with Gasteiger partial charge in [0.15, 0.2) is 11.6 Å². The average molecular weight is 361 g/mol. The topological polar surface area (TPSA) is 74.0 Å². The lowest BCUT2D eigenvalue weighted by molar-refractivity contribution is -0.136. The minimum absolute atomic E-state index is 0.0286. The predicted molar refractivity (Wildman–Crippen MR) is 93.5 cm³/mol. The van der Waals surface area contributed by atoms with E-state index in [-0.39, 0.29) is 11.7 Å². The highest BCUT2D eigenvalue weighted by atomic mass is 19.2. The van der Waals surface area contributed by atoms with Crippen LogP contribution in [0.4, 0.5) is 14.5 Å². The van der Waals surface area contributed by atoms with Gasteiger partial charge in [-0.15, -0.1) is 0 Å². The Kier molecular flexibility index (Phi) is 4.17. The third kappa shape index (κ3) is 3.06. The molecule has 1 unspecified atom stereocenters. The van der Waals surface area contributed by atoms with Crippen molar-refractivity contribution < 1.29 is 18.4 Å². The first-order valence-electron chi connectivity index (χ1n) is 9.04. The minimum Gasteiger partial charge on any atom is -0.359 e. The van der Waals surface area contributed by atoms with Crippen LogP contribution >= 0.6 is 0 Å². The van der Waals surface area contributed by atoms with Gasteiger partial charge in [-0.1, -0.05) is 12.8 Å². The van der Waals surface area contributed by atoms with Crippen molar-refractivity contribution in [2.75, 3.05) is 5.32 Å². The molecule has 2 saturated carbocycles. The molecule has 2 amide bonds. The van der Waals surface area contributed by atoms with E-state index in [0.717, 1.165) is 31.4 Å². The Hall–Kier alpha value is -2.44. The number of benzene rings is 1. The molecule has 1 aromatic carbocycles. The SMILES string of the molecule is O=C(Nc1c[nH]c2cc(F)c(F)cc12)C(=O)NC1CCC2(CCCC2)C1. The molecule has 5 nitrogen and oxygen atoms in total. The minimum atomic E-state index is -1.01. The second-order valence-corrected chi connectivity index (χ2v) is 7.59. The van der Waals surface area contributed by atoms with Crippen LogP contribution in [0.2, 0.25) is 0 Å². The summed E-state index contributed by atoms with van der Waals surface area (Å²) in [5.74, 6) is -3.48. The molecule has 0 radical (unpaired) electrons. The molecule has 0 saturated heterocycles.